The van der Waals surface area contributed by atoms with Gasteiger partial charge in [-0.3, -0.25) is 13.9 Å². The smallest absolute Gasteiger partial charge is 0.243 e. The van der Waals surface area contributed by atoms with E-state index in [0.717, 1.165) is 29.4 Å². The number of benzene rings is 3. The van der Waals surface area contributed by atoms with E-state index in [1.54, 1.807) is 29.2 Å². The van der Waals surface area contributed by atoms with Gasteiger partial charge in [-0.1, -0.05) is 61.5 Å². The number of ether oxygens (including phenoxy) is 1. The second-order valence-electron chi connectivity index (χ2n) is 10.8. The first-order valence-electron chi connectivity index (χ1n) is 14.9. The molecule has 0 aliphatic rings. The molecule has 2 atom stereocenters. The molecule has 3 aromatic rings. The average Bonchev–Trinajstić information content (AvgIpc) is 2.98. The lowest BCUT2D eigenvalue weighted by Gasteiger charge is -2.33. The SMILES string of the molecule is CCOc1ccc(N(CCCC(=O)N(Cc2ccccc2C)[C@@H](Cc2ccccc2)C(=O)N[C@H](C)CC)S(C)(=O)=O)cc1. The normalized spacial score (nSPS) is 12.7. The highest BCUT2D eigenvalue weighted by Crippen LogP contribution is 2.23. The maximum Gasteiger partial charge on any atom is 0.243 e. The van der Waals surface area contributed by atoms with Crippen molar-refractivity contribution in [2.45, 2.75) is 72.0 Å². The molecule has 3 aromatic carbocycles. The Labute approximate surface area is 257 Å². The van der Waals surface area contributed by atoms with Gasteiger partial charge < -0.3 is 15.0 Å². The highest BCUT2D eigenvalue weighted by molar-refractivity contribution is 7.92. The van der Waals surface area contributed by atoms with Crippen LogP contribution in [0.1, 0.15) is 56.7 Å². The van der Waals surface area contributed by atoms with Gasteiger partial charge >= 0.3 is 0 Å². The van der Waals surface area contributed by atoms with Crippen molar-refractivity contribution in [3.8, 4) is 5.75 Å². The van der Waals surface area contributed by atoms with E-state index < -0.39 is 16.1 Å². The summed E-state index contributed by atoms with van der Waals surface area (Å²) in [7, 11) is -3.60. The first-order valence-corrected chi connectivity index (χ1v) is 16.8. The van der Waals surface area contributed by atoms with Crippen LogP contribution >= 0.6 is 0 Å². The quantitative estimate of drug-likeness (QED) is 0.232. The van der Waals surface area contributed by atoms with Crippen LogP contribution in [0.25, 0.3) is 0 Å². The minimum absolute atomic E-state index is 0.0429. The summed E-state index contributed by atoms with van der Waals surface area (Å²) in [5, 5.41) is 3.08. The first-order chi connectivity index (χ1) is 20.5. The van der Waals surface area contributed by atoms with Crippen LogP contribution in [0.2, 0.25) is 0 Å². The number of hydrogen-bond acceptors (Lipinski definition) is 5. The molecule has 0 aliphatic heterocycles. The van der Waals surface area contributed by atoms with E-state index >= 15 is 0 Å². The summed E-state index contributed by atoms with van der Waals surface area (Å²) < 4.78 is 32.2. The summed E-state index contributed by atoms with van der Waals surface area (Å²) >= 11 is 0. The molecule has 0 unspecified atom stereocenters. The molecule has 2 amide bonds. The number of carbonyl (C=O) groups is 2. The standard InChI is InChI=1S/C34H45N3O5S/c1-6-27(4)35-34(39)32(24-28-15-9-8-10-16-28)36(25-29-17-12-11-14-26(29)3)33(38)18-13-23-37(43(5,40)41)30-19-21-31(22-20-30)42-7-2/h8-12,14-17,19-22,27,32H,6-7,13,18,23-25H2,1-5H3,(H,35,39)/t27-,32+/m1/s1. The lowest BCUT2D eigenvalue weighted by molar-refractivity contribution is -0.141. The molecular weight excluding hydrogens is 562 g/mol. The molecule has 232 valence electrons. The molecule has 0 aliphatic carbocycles. The maximum absolute atomic E-state index is 14.0. The van der Waals surface area contributed by atoms with Gasteiger partial charge in [0.2, 0.25) is 21.8 Å². The summed E-state index contributed by atoms with van der Waals surface area (Å²) in [4.78, 5) is 29.4. The van der Waals surface area contributed by atoms with Crippen molar-refractivity contribution in [1.82, 2.24) is 10.2 Å². The topological polar surface area (TPSA) is 96.0 Å². The number of hydrogen-bond donors (Lipinski definition) is 1. The van der Waals surface area contributed by atoms with Crippen LogP contribution in [0.15, 0.2) is 78.9 Å². The Morgan fingerprint density at radius 1 is 0.930 bits per heavy atom. The number of nitrogens with one attached hydrogen (secondary N) is 1. The summed E-state index contributed by atoms with van der Waals surface area (Å²) in [5.74, 6) is 0.248. The molecule has 0 radical (unpaired) electrons. The van der Waals surface area contributed by atoms with Crippen LogP contribution in [-0.2, 0) is 32.6 Å². The second-order valence-corrected chi connectivity index (χ2v) is 12.7. The van der Waals surface area contributed by atoms with E-state index in [4.69, 9.17) is 4.74 Å². The van der Waals surface area contributed by atoms with Crippen LogP contribution in [-0.4, -0.2) is 56.6 Å². The van der Waals surface area contributed by atoms with E-state index in [2.05, 4.69) is 5.32 Å². The highest BCUT2D eigenvalue weighted by atomic mass is 32.2. The molecular formula is C34H45N3O5S. The number of amides is 2. The maximum atomic E-state index is 14.0. The Bertz CT molecular complexity index is 1430. The van der Waals surface area contributed by atoms with Crippen molar-refractivity contribution in [2.24, 2.45) is 0 Å². The molecule has 0 spiro atoms. The second kappa shape index (κ2) is 16.1. The van der Waals surface area contributed by atoms with Crippen LogP contribution < -0.4 is 14.4 Å². The Balaban J connectivity index is 1.88. The molecule has 0 bridgehead atoms. The van der Waals surface area contributed by atoms with Crippen LogP contribution in [0.5, 0.6) is 5.75 Å². The van der Waals surface area contributed by atoms with Gasteiger partial charge in [0, 0.05) is 32.0 Å². The lowest BCUT2D eigenvalue weighted by Crippen LogP contribution is -2.52. The third-order valence-corrected chi connectivity index (χ3v) is 8.66. The molecule has 8 nitrogen and oxygen atoms in total. The number of nitrogens with zero attached hydrogens (tertiary/aromatic N) is 2. The van der Waals surface area contributed by atoms with E-state index in [1.165, 1.54) is 4.31 Å². The molecule has 0 saturated heterocycles. The summed E-state index contributed by atoms with van der Waals surface area (Å²) in [6, 6.07) is 23.6. The van der Waals surface area contributed by atoms with E-state index in [9.17, 15) is 18.0 Å². The summed E-state index contributed by atoms with van der Waals surface area (Å²) in [5.41, 5.74) is 3.44. The van der Waals surface area contributed by atoms with Crippen molar-refractivity contribution in [3.63, 3.8) is 0 Å². The van der Waals surface area contributed by atoms with Crippen molar-refractivity contribution in [2.75, 3.05) is 23.7 Å². The van der Waals surface area contributed by atoms with E-state index in [0.29, 0.717) is 24.5 Å². The number of rotatable bonds is 16. The Kier molecular flexibility index (Phi) is 12.6. The first kappa shape index (κ1) is 33.6. The third-order valence-electron chi connectivity index (χ3n) is 7.46. The molecule has 0 aromatic heterocycles. The lowest BCUT2D eigenvalue weighted by atomic mass is 10.0. The predicted octanol–water partition coefficient (Wildman–Crippen LogP) is 5.49. The predicted molar refractivity (Wildman–Crippen MR) is 173 cm³/mol. The zero-order valence-corrected chi connectivity index (χ0v) is 26.8. The zero-order chi connectivity index (χ0) is 31.4. The third kappa shape index (κ3) is 10.1. The van der Waals surface area contributed by atoms with Gasteiger partial charge in [0.1, 0.15) is 11.8 Å². The van der Waals surface area contributed by atoms with Crippen LogP contribution in [0, 0.1) is 6.92 Å². The molecule has 0 heterocycles. The van der Waals surface area contributed by atoms with Gasteiger partial charge in [-0.15, -0.1) is 0 Å². The monoisotopic (exact) mass is 607 g/mol. The van der Waals surface area contributed by atoms with Gasteiger partial charge in [-0.25, -0.2) is 8.42 Å². The Morgan fingerprint density at radius 3 is 2.19 bits per heavy atom. The van der Waals surface area contributed by atoms with Crippen molar-refractivity contribution in [3.05, 3.63) is 95.6 Å². The van der Waals surface area contributed by atoms with Gasteiger partial charge in [-0.2, -0.15) is 0 Å². The number of anilines is 1. The minimum Gasteiger partial charge on any atom is -0.494 e. The van der Waals surface area contributed by atoms with E-state index in [1.807, 2.05) is 82.3 Å². The van der Waals surface area contributed by atoms with Crippen molar-refractivity contribution >= 4 is 27.5 Å². The number of carbonyl (C=O) groups excluding carboxylic acids is 2. The van der Waals surface area contributed by atoms with Gasteiger partial charge in [0.15, 0.2) is 0 Å². The van der Waals surface area contributed by atoms with Gasteiger partial charge in [0.25, 0.3) is 0 Å². The van der Waals surface area contributed by atoms with Gasteiger partial charge in [-0.05, 0) is 74.6 Å². The number of sulfonamides is 1. The number of aryl methyl sites for hydroxylation is 1. The minimum atomic E-state index is -3.60. The fourth-order valence-corrected chi connectivity index (χ4v) is 5.81. The molecule has 3 rings (SSSR count). The van der Waals surface area contributed by atoms with Crippen LogP contribution in [0.4, 0.5) is 5.69 Å². The fourth-order valence-electron chi connectivity index (χ4n) is 4.85. The van der Waals surface area contributed by atoms with Crippen molar-refractivity contribution < 1.29 is 22.7 Å². The molecule has 43 heavy (non-hydrogen) atoms. The molecule has 9 heteroatoms. The molecule has 0 fully saturated rings. The van der Waals surface area contributed by atoms with Crippen LogP contribution in [0.3, 0.4) is 0 Å². The zero-order valence-electron chi connectivity index (χ0n) is 26.0. The summed E-state index contributed by atoms with van der Waals surface area (Å²) in [6.45, 7) is 8.73. The summed E-state index contributed by atoms with van der Waals surface area (Å²) in [6.07, 6.45) is 2.65. The fraction of sp³-hybridized carbons (Fsp3) is 0.412. The Hall–Kier alpha value is -3.85. The van der Waals surface area contributed by atoms with E-state index in [-0.39, 0.29) is 43.8 Å². The van der Waals surface area contributed by atoms with Crippen molar-refractivity contribution in [1.29, 1.82) is 0 Å². The largest absolute Gasteiger partial charge is 0.494 e. The highest BCUT2D eigenvalue weighted by Gasteiger charge is 2.31. The molecule has 0 saturated carbocycles. The average molecular weight is 608 g/mol. The van der Waals surface area contributed by atoms with Gasteiger partial charge in [0.05, 0.1) is 18.6 Å². The molecule has 1 N–H and O–H groups in total. The Morgan fingerprint density at radius 2 is 1.58 bits per heavy atom.